The van der Waals surface area contributed by atoms with Gasteiger partial charge in [-0.05, 0) is 18.2 Å². The quantitative estimate of drug-likeness (QED) is 0.775. The second kappa shape index (κ2) is 4.19. The Morgan fingerprint density at radius 2 is 2.14 bits per heavy atom. The fourth-order valence-electron chi connectivity index (χ4n) is 0.817. The summed E-state index contributed by atoms with van der Waals surface area (Å²) in [4.78, 5) is 10.1. The predicted octanol–water partition coefficient (Wildman–Crippen LogP) is 2.87. The van der Waals surface area contributed by atoms with Gasteiger partial charge >= 0.3 is 5.97 Å². The maximum Gasteiger partial charge on any atom is 0.364 e. The molecule has 0 saturated carbocycles. The molecule has 0 fully saturated rings. The van der Waals surface area contributed by atoms with E-state index in [0.29, 0.717) is 6.08 Å². The highest BCUT2D eigenvalue weighted by atomic mass is 35.5. The van der Waals surface area contributed by atoms with Gasteiger partial charge in [0, 0.05) is 10.6 Å². The molecule has 1 aromatic carbocycles. The molecule has 1 aromatic rings. The van der Waals surface area contributed by atoms with Crippen LogP contribution in [-0.4, -0.2) is 11.1 Å². The van der Waals surface area contributed by atoms with Crippen LogP contribution in [0.5, 0.6) is 0 Å². The van der Waals surface area contributed by atoms with Crippen molar-refractivity contribution in [1.29, 1.82) is 0 Å². The van der Waals surface area contributed by atoms with Crippen LogP contribution in [0.1, 0.15) is 5.56 Å². The van der Waals surface area contributed by atoms with Gasteiger partial charge in [0.1, 0.15) is 5.82 Å². The third kappa shape index (κ3) is 2.53. The van der Waals surface area contributed by atoms with Crippen LogP contribution in [0.3, 0.4) is 0 Å². The Morgan fingerprint density at radius 3 is 2.64 bits per heavy atom. The molecule has 0 heterocycles. The lowest BCUT2D eigenvalue weighted by Crippen LogP contribution is -1.94. The molecule has 0 atom stereocenters. The number of carbonyl (C=O) groups is 1. The minimum atomic E-state index is -1.74. The smallest absolute Gasteiger partial charge is 0.364 e. The Balaban J connectivity index is 3.09. The summed E-state index contributed by atoms with van der Waals surface area (Å²) in [5, 5.41) is 8.36. The molecule has 0 amide bonds. The Kier molecular flexibility index (Phi) is 3.19. The number of rotatable bonds is 2. The molecule has 1 rings (SSSR count). The molecule has 1 N–H and O–H groups in total. The van der Waals surface area contributed by atoms with Gasteiger partial charge < -0.3 is 5.11 Å². The minimum Gasteiger partial charge on any atom is -0.476 e. The van der Waals surface area contributed by atoms with Crippen LogP contribution in [0.2, 0.25) is 5.02 Å². The molecule has 0 aromatic heterocycles. The van der Waals surface area contributed by atoms with Crippen LogP contribution < -0.4 is 0 Å². The molecule has 2 nitrogen and oxygen atoms in total. The van der Waals surface area contributed by atoms with Crippen LogP contribution in [0.25, 0.3) is 6.08 Å². The normalized spacial score (nSPS) is 11.5. The van der Waals surface area contributed by atoms with E-state index in [9.17, 15) is 13.6 Å². The molecule has 14 heavy (non-hydrogen) atoms. The van der Waals surface area contributed by atoms with Crippen LogP contribution in [0, 0.1) is 5.82 Å². The molecule has 0 unspecified atom stereocenters. The molecule has 0 spiro atoms. The van der Waals surface area contributed by atoms with Crippen molar-refractivity contribution in [3.63, 3.8) is 0 Å². The van der Waals surface area contributed by atoms with Crippen LogP contribution in [-0.2, 0) is 4.79 Å². The largest absolute Gasteiger partial charge is 0.476 e. The zero-order valence-corrected chi connectivity index (χ0v) is 7.55. The second-order valence-corrected chi connectivity index (χ2v) is 2.90. The van der Waals surface area contributed by atoms with Crippen molar-refractivity contribution in [2.24, 2.45) is 0 Å². The summed E-state index contributed by atoms with van der Waals surface area (Å²) in [5.41, 5.74) is -0.158. The molecule has 0 aliphatic heterocycles. The zero-order chi connectivity index (χ0) is 10.7. The maximum atomic E-state index is 13.0. The summed E-state index contributed by atoms with van der Waals surface area (Å²) in [5.74, 6) is -3.93. The predicted molar refractivity (Wildman–Crippen MR) is 48.1 cm³/mol. The van der Waals surface area contributed by atoms with Gasteiger partial charge in [0.25, 0.3) is 0 Å². The van der Waals surface area contributed by atoms with E-state index in [2.05, 4.69) is 0 Å². The highest BCUT2D eigenvalue weighted by Crippen LogP contribution is 2.17. The molecule has 0 bridgehead atoms. The summed E-state index contributed by atoms with van der Waals surface area (Å²) >= 11 is 5.45. The second-order valence-electron chi connectivity index (χ2n) is 2.46. The average molecular weight is 219 g/mol. The number of carboxylic acids is 1. The highest BCUT2D eigenvalue weighted by Gasteiger charge is 2.07. The van der Waals surface area contributed by atoms with Crippen molar-refractivity contribution >= 4 is 23.6 Å². The molecular weight excluding hydrogens is 214 g/mol. The summed E-state index contributed by atoms with van der Waals surface area (Å²) in [6.07, 6.45) is 0.591. The van der Waals surface area contributed by atoms with Gasteiger partial charge in [0.05, 0.1) is 0 Å². The standard InChI is InChI=1S/C9H5ClF2O2/c10-6-2-1-5(7(11)4-6)3-8(12)9(13)14/h1-4H,(H,13,14)/b8-3-. The highest BCUT2D eigenvalue weighted by molar-refractivity contribution is 6.30. The van der Waals surface area contributed by atoms with Gasteiger partial charge in [-0.3, -0.25) is 0 Å². The average Bonchev–Trinajstić information content (AvgIpc) is 2.09. The number of halogens is 3. The van der Waals surface area contributed by atoms with E-state index < -0.39 is 17.6 Å². The van der Waals surface area contributed by atoms with E-state index >= 15 is 0 Å². The van der Waals surface area contributed by atoms with E-state index in [4.69, 9.17) is 16.7 Å². The number of carboxylic acid groups (broad SMARTS) is 1. The minimum absolute atomic E-state index is 0.158. The van der Waals surface area contributed by atoms with Crippen molar-refractivity contribution < 1.29 is 18.7 Å². The third-order valence-electron chi connectivity index (χ3n) is 1.45. The maximum absolute atomic E-state index is 13.0. The first-order valence-corrected chi connectivity index (χ1v) is 3.94. The lowest BCUT2D eigenvalue weighted by atomic mass is 10.2. The van der Waals surface area contributed by atoms with Crippen LogP contribution >= 0.6 is 11.6 Å². The van der Waals surface area contributed by atoms with Gasteiger partial charge in [0.2, 0.25) is 5.83 Å². The summed E-state index contributed by atoms with van der Waals surface area (Å²) in [6.45, 7) is 0. The van der Waals surface area contributed by atoms with Gasteiger partial charge in [-0.2, -0.15) is 4.39 Å². The van der Waals surface area contributed by atoms with Gasteiger partial charge in [-0.25, -0.2) is 9.18 Å². The van der Waals surface area contributed by atoms with E-state index in [-0.39, 0.29) is 10.6 Å². The zero-order valence-electron chi connectivity index (χ0n) is 6.80. The van der Waals surface area contributed by atoms with Crippen LogP contribution in [0.15, 0.2) is 24.0 Å². The first-order valence-electron chi connectivity index (χ1n) is 3.56. The molecule has 5 heteroatoms. The van der Waals surface area contributed by atoms with Crippen molar-refractivity contribution in [2.75, 3.05) is 0 Å². The van der Waals surface area contributed by atoms with Crippen molar-refractivity contribution in [1.82, 2.24) is 0 Å². The SMILES string of the molecule is O=C(O)/C(F)=C/c1ccc(Cl)cc1F. The van der Waals surface area contributed by atoms with Gasteiger partial charge in [-0.1, -0.05) is 17.7 Å². The molecular formula is C9H5ClF2O2. The number of hydrogen-bond acceptors (Lipinski definition) is 1. The van der Waals surface area contributed by atoms with E-state index in [1.54, 1.807) is 0 Å². The van der Waals surface area contributed by atoms with Gasteiger partial charge in [0.15, 0.2) is 0 Å². The Hall–Kier alpha value is -1.42. The van der Waals surface area contributed by atoms with Crippen LogP contribution in [0.4, 0.5) is 8.78 Å². The Labute approximate surface area is 83.4 Å². The summed E-state index contributed by atoms with van der Waals surface area (Å²) in [7, 11) is 0. The van der Waals surface area contributed by atoms with Gasteiger partial charge in [-0.15, -0.1) is 0 Å². The molecule has 74 valence electrons. The van der Waals surface area contributed by atoms with E-state index in [1.807, 2.05) is 0 Å². The lowest BCUT2D eigenvalue weighted by Gasteiger charge is -1.97. The fourth-order valence-corrected chi connectivity index (χ4v) is 0.976. The summed E-state index contributed by atoms with van der Waals surface area (Å²) in [6, 6.07) is 3.51. The monoisotopic (exact) mass is 218 g/mol. The molecule has 0 saturated heterocycles. The van der Waals surface area contributed by atoms with E-state index in [0.717, 1.165) is 6.07 Å². The first-order chi connectivity index (χ1) is 6.50. The van der Waals surface area contributed by atoms with Crippen molar-refractivity contribution in [2.45, 2.75) is 0 Å². The van der Waals surface area contributed by atoms with Crippen molar-refractivity contribution in [3.8, 4) is 0 Å². The number of aliphatic carboxylic acids is 1. The lowest BCUT2D eigenvalue weighted by molar-refractivity contribution is -0.134. The number of benzene rings is 1. The number of hydrogen-bond donors (Lipinski definition) is 1. The molecule has 0 aliphatic carbocycles. The molecule has 0 aliphatic rings. The fraction of sp³-hybridized carbons (Fsp3) is 0. The Morgan fingerprint density at radius 1 is 1.50 bits per heavy atom. The topological polar surface area (TPSA) is 37.3 Å². The van der Waals surface area contributed by atoms with E-state index in [1.165, 1.54) is 12.1 Å². The summed E-state index contributed by atoms with van der Waals surface area (Å²) < 4.78 is 25.5. The third-order valence-corrected chi connectivity index (χ3v) is 1.68. The Bertz CT molecular complexity index is 402. The van der Waals surface area contributed by atoms with Crippen molar-refractivity contribution in [3.05, 3.63) is 40.4 Å². The first kappa shape index (κ1) is 10.7. The molecule has 0 radical (unpaired) electrons.